The van der Waals surface area contributed by atoms with Crippen molar-refractivity contribution in [2.45, 2.75) is 6.42 Å². The fourth-order valence-corrected chi connectivity index (χ4v) is 3.10. The smallest absolute Gasteiger partial charge is 0.229 e. The van der Waals surface area contributed by atoms with Gasteiger partial charge in [0.2, 0.25) is 5.91 Å². The largest absolute Gasteiger partial charge is 0.330 e. The summed E-state index contributed by atoms with van der Waals surface area (Å²) in [5, 5.41) is 0.636. The van der Waals surface area contributed by atoms with Gasteiger partial charge in [-0.2, -0.15) is 0 Å². The first kappa shape index (κ1) is 11.6. The topological polar surface area (TPSA) is 59.2 Å². The highest BCUT2D eigenvalue weighted by Crippen LogP contribution is 2.32. The Bertz CT molecular complexity index is 612. The molecule has 0 bridgehead atoms. The number of rotatable bonds is 2. The molecule has 94 valence electrons. The molecule has 18 heavy (non-hydrogen) atoms. The van der Waals surface area contributed by atoms with Gasteiger partial charge in [0.25, 0.3) is 0 Å². The maximum atomic E-state index is 13.1. The number of nitrogens with zero attached hydrogens (tertiary/aromatic N) is 2. The van der Waals surface area contributed by atoms with Crippen LogP contribution < -0.4 is 10.6 Å². The quantitative estimate of drug-likeness (QED) is 0.900. The number of halogens is 1. The third-order valence-electron chi connectivity index (χ3n) is 3.11. The van der Waals surface area contributed by atoms with Crippen LogP contribution in [-0.4, -0.2) is 24.0 Å². The summed E-state index contributed by atoms with van der Waals surface area (Å²) in [6.07, 6.45) is 0.473. The van der Waals surface area contributed by atoms with Gasteiger partial charge in [0.1, 0.15) is 5.82 Å². The Hall–Kier alpha value is -1.53. The SMILES string of the molecule is NCC1CC(=O)N(c2nc3cc(F)ccc3s2)C1. The first-order chi connectivity index (χ1) is 8.67. The van der Waals surface area contributed by atoms with Crippen LogP contribution in [0.2, 0.25) is 0 Å². The average Bonchev–Trinajstić information content (AvgIpc) is 2.91. The lowest BCUT2D eigenvalue weighted by Crippen LogP contribution is -2.25. The molecular formula is C12H12FN3OS. The summed E-state index contributed by atoms with van der Waals surface area (Å²) in [5.41, 5.74) is 6.18. The predicted molar refractivity (Wildman–Crippen MR) is 69.1 cm³/mol. The molecule has 3 rings (SSSR count). The number of thiazole rings is 1. The first-order valence-electron chi connectivity index (χ1n) is 5.74. The highest BCUT2D eigenvalue weighted by atomic mass is 32.1. The standard InChI is InChI=1S/C12H12FN3OS/c13-8-1-2-10-9(4-8)15-12(18-10)16-6-7(5-14)3-11(16)17/h1-2,4,7H,3,5-6,14H2. The lowest BCUT2D eigenvalue weighted by molar-refractivity contribution is -0.117. The van der Waals surface area contributed by atoms with Crippen molar-refractivity contribution in [2.24, 2.45) is 11.7 Å². The van der Waals surface area contributed by atoms with Gasteiger partial charge in [0.05, 0.1) is 10.2 Å². The van der Waals surface area contributed by atoms with Crippen molar-refractivity contribution in [1.82, 2.24) is 4.98 Å². The van der Waals surface area contributed by atoms with Crippen molar-refractivity contribution in [3.05, 3.63) is 24.0 Å². The van der Waals surface area contributed by atoms with Gasteiger partial charge in [0, 0.05) is 19.0 Å². The monoisotopic (exact) mass is 265 g/mol. The molecule has 1 fully saturated rings. The highest BCUT2D eigenvalue weighted by Gasteiger charge is 2.31. The van der Waals surface area contributed by atoms with Crippen LogP contribution in [0.3, 0.4) is 0 Å². The molecule has 4 nitrogen and oxygen atoms in total. The number of fused-ring (bicyclic) bond motifs is 1. The average molecular weight is 265 g/mol. The van der Waals surface area contributed by atoms with Gasteiger partial charge < -0.3 is 5.73 Å². The Morgan fingerprint density at radius 2 is 2.39 bits per heavy atom. The van der Waals surface area contributed by atoms with Crippen LogP contribution in [0.1, 0.15) is 6.42 Å². The zero-order valence-electron chi connectivity index (χ0n) is 9.60. The van der Waals surface area contributed by atoms with E-state index in [1.165, 1.54) is 23.5 Å². The van der Waals surface area contributed by atoms with E-state index >= 15 is 0 Å². The fourth-order valence-electron chi connectivity index (χ4n) is 2.13. The number of benzene rings is 1. The van der Waals surface area contributed by atoms with Crippen molar-refractivity contribution in [3.8, 4) is 0 Å². The maximum Gasteiger partial charge on any atom is 0.229 e. The summed E-state index contributed by atoms with van der Waals surface area (Å²) < 4.78 is 14.0. The van der Waals surface area contributed by atoms with Crippen LogP contribution in [0.5, 0.6) is 0 Å². The molecule has 1 aromatic heterocycles. The molecule has 1 aliphatic heterocycles. The summed E-state index contributed by atoms with van der Waals surface area (Å²) in [7, 11) is 0. The summed E-state index contributed by atoms with van der Waals surface area (Å²) >= 11 is 1.41. The number of hydrogen-bond acceptors (Lipinski definition) is 4. The fraction of sp³-hybridized carbons (Fsp3) is 0.333. The molecule has 0 saturated carbocycles. The van der Waals surface area contributed by atoms with Crippen LogP contribution in [0.4, 0.5) is 9.52 Å². The normalized spacial score (nSPS) is 20.0. The first-order valence-corrected chi connectivity index (χ1v) is 6.55. The van der Waals surface area contributed by atoms with E-state index in [4.69, 9.17) is 5.73 Å². The van der Waals surface area contributed by atoms with Crippen LogP contribution in [0.15, 0.2) is 18.2 Å². The van der Waals surface area contributed by atoms with Gasteiger partial charge in [-0.1, -0.05) is 11.3 Å². The number of hydrogen-bond donors (Lipinski definition) is 1. The highest BCUT2D eigenvalue weighted by molar-refractivity contribution is 7.22. The molecular weight excluding hydrogens is 253 g/mol. The van der Waals surface area contributed by atoms with Crippen molar-refractivity contribution < 1.29 is 9.18 Å². The molecule has 6 heteroatoms. The van der Waals surface area contributed by atoms with Gasteiger partial charge in [-0.3, -0.25) is 9.69 Å². The van der Waals surface area contributed by atoms with Crippen molar-refractivity contribution >= 4 is 32.6 Å². The number of nitrogens with two attached hydrogens (primary N) is 1. The molecule has 0 spiro atoms. The molecule has 2 heterocycles. The molecule has 1 amide bonds. The van der Waals surface area contributed by atoms with Crippen molar-refractivity contribution in [1.29, 1.82) is 0 Å². The second-order valence-electron chi connectivity index (χ2n) is 4.42. The van der Waals surface area contributed by atoms with Crippen LogP contribution in [0, 0.1) is 11.7 Å². The van der Waals surface area contributed by atoms with Crippen LogP contribution in [0.25, 0.3) is 10.2 Å². The third kappa shape index (κ3) is 1.87. The van der Waals surface area contributed by atoms with E-state index < -0.39 is 0 Å². The molecule has 1 aliphatic rings. The molecule has 1 aromatic carbocycles. The minimum atomic E-state index is -0.313. The Balaban J connectivity index is 1.97. The van der Waals surface area contributed by atoms with Gasteiger partial charge in [-0.05, 0) is 24.6 Å². The molecule has 1 unspecified atom stereocenters. The minimum absolute atomic E-state index is 0.0463. The van der Waals surface area contributed by atoms with Gasteiger partial charge in [0.15, 0.2) is 5.13 Å². The van der Waals surface area contributed by atoms with E-state index in [0.717, 1.165) is 4.70 Å². The molecule has 0 aliphatic carbocycles. The van der Waals surface area contributed by atoms with E-state index in [-0.39, 0.29) is 17.6 Å². The number of anilines is 1. The van der Waals surface area contributed by atoms with Crippen LogP contribution in [-0.2, 0) is 4.79 Å². The van der Waals surface area contributed by atoms with Gasteiger partial charge >= 0.3 is 0 Å². The Labute approximate surface area is 107 Å². The van der Waals surface area contributed by atoms with E-state index in [0.29, 0.717) is 30.2 Å². The van der Waals surface area contributed by atoms with E-state index in [9.17, 15) is 9.18 Å². The Kier molecular flexibility index (Phi) is 2.76. The van der Waals surface area contributed by atoms with Crippen LogP contribution >= 0.6 is 11.3 Å². The zero-order chi connectivity index (χ0) is 12.7. The predicted octanol–water partition coefficient (Wildman–Crippen LogP) is 1.75. The van der Waals surface area contributed by atoms with E-state index in [1.54, 1.807) is 11.0 Å². The summed E-state index contributed by atoms with van der Waals surface area (Å²) in [4.78, 5) is 17.8. The molecule has 1 saturated heterocycles. The second-order valence-corrected chi connectivity index (χ2v) is 5.43. The number of carbonyl (C=O) groups is 1. The lowest BCUT2D eigenvalue weighted by Gasteiger charge is -2.11. The Morgan fingerprint density at radius 3 is 3.11 bits per heavy atom. The molecule has 2 N–H and O–H groups in total. The molecule has 1 atom stereocenters. The summed E-state index contributed by atoms with van der Waals surface area (Å²) in [6.45, 7) is 1.11. The van der Waals surface area contributed by atoms with E-state index in [1.807, 2.05) is 0 Å². The Morgan fingerprint density at radius 1 is 1.56 bits per heavy atom. The minimum Gasteiger partial charge on any atom is -0.330 e. The van der Waals surface area contributed by atoms with Gasteiger partial charge in [-0.15, -0.1) is 0 Å². The maximum absolute atomic E-state index is 13.1. The number of amides is 1. The summed E-state index contributed by atoms with van der Waals surface area (Å²) in [6, 6.07) is 4.47. The number of aromatic nitrogens is 1. The molecule has 0 radical (unpaired) electrons. The third-order valence-corrected chi connectivity index (χ3v) is 4.17. The molecule has 2 aromatic rings. The van der Waals surface area contributed by atoms with E-state index in [2.05, 4.69) is 4.98 Å². The summed E-state index contributed by atoms with van der Waals surface area (Å²) in [5.74, 6) is -0.0711. The second kappa shape index (κ2) is 4.29. The van der Waals surface area contributed by atoms with Gasteiger partial charge in [-0.25, -0.2) is 9.37 Å². The van der Waals surface area contributed by atoms with Crippen molar-refractivity contribution in [2.75, 3.05) is 18.0 Å². The lowest BCUT2D eigenvalue weighted by atomic mass is 10.1. The number of carbonyl (C=O) groups excluding carboxylic acids is 1. The zero-order valence-corrected chi connectivity index (χ0v) is 10.4. The van der Waals surface area contributed by atoms with Crippen molar-refractivity contribution in [3.63, 3.8) is 0 Å².